The number of aliphatic imine (C=N–C) groups is 1. The van der Waals surface area contributed by atoms with E-state index < -0.39 is 0 Å². The van der Waals surface area contributed by atoms with Gasteiger partial charge in [0.25, 0.3) is 0 Å². The van der Waals surface area contributed by atoms with E-state index in [1.807, 2.05) is 0 Å². The van der Waals surface area contributed by atoms with Gasteiger partial charge in [-0.25, -0.2) is 4.99 Å². The number of nitrogens with one attached hydrogen (secondary N) is 2. The summed E-state index contributed by atoms with van der Waals surface area (Å²) in [6.07, 6.45) is 2.29. The third-order valence-corrected chi connectivity index (χ3v) is 4.38. The summed E-state index contributed by atoms with van der Waals surface area (Å²) in [7, 11) is 0. The molecule has 2 N–H and O–H groups in total. The number of rotatable bonds is 6. The maximum Gasteiger partial charge on any atom is 0.232 e. The fraction of sp³-hybridized carbons (Fsp3) is 0.842. The molecule has 8 heteroatoms. The lowest BCUT2D eigenvalue weighted by atomic mass is 9.97. The van der Waals surface area contributed by atoms with Crippen molar-refractivity contribution in [3.05, 3.63) is 11.7 Å². The molecule has 0 aliphatic carbocycles. The average Bonchev–Trinajstić information content (AvgIpc) is 3.03. The van der Waals surface area contributed by atoms with Crippen molar-refractivity contribution >= 4 is 29.9 Å². The van der Waals surface area contributed by atoms with E-state index in [-0.39, 0.29) is 29.4 Å². The molecule has 1 aromatic heterocycles. The topological polar surface area (TPSA) is 78.6 Å². The molecule has 0 bridgehead atoms. The first-order valence-corrected chi connectivity index (χ1v) is 9.88. The molecule has 0 unspecified atom stereocenters. The number of hydrogen-bond donors (Lipinski definition) is 2. The van der Waals surface area contributed by atoms with Crippen LogP contribution < -0.4 is 10.6 Å². The summed E-state index contributed by atoms with van der Waals surface area (Å²) < 4.78 is 5.34. The van der Waals surface area contributed by atoms with E-state index in [0.717, 1.165) is 44.4 Å². The Bertz CT molecular complexity index is 573. The summed E-state index contributed by atoms with van der Waals surface area (Å²) >= 11 is 0. The summed E-state index contributed by atoms with van der Waals surface area (Å²) in [5, 5.41) is 10.9. The minimum Gasteiger partial charge on any atom is -0.357 e. The van der Waals surface area contributed by atoms with Crippen molar-refractivity contribution in [1.29, 1.82) is 0 Å². The molecule has 0 saturated carbocycles. The van der Waals surface area contributed by atoms with Crippen LogP contribution in [0.5, 0.6) is 0 Å². The Kier molecular flexibility index (Phi) is 10.0. The van der Waals surface area contributed by atoms with Crippen molar-refractivity contribution in [2.45, 2.75) is 72.4 Å². The summed E-state index contributed by atoms with van der Waals surface area (Å²) in [5.74, 6) is 2.83. The van der Waals surface area contributed by atoms with Crippen LogP contribution in [0, 0.1) is 5.92 Å². The van der Waals surface area contributed by atoms with Gasteiger partial charge in [0.05, 0.1) is 0 Å². The molecule has 1 saturated heterocycles. The number of piperidine rings is 1. The van der Waals surface area contributed by atoms with E-state index in [0.29, 0.717) is 24.3 Å². The minimum absolute atomic E-state index is 0. The second-order valence-corrected chi connectivity index (χ2v) is 8.57. The normalized spacial score (nSPS) is 17.1. The third kappa shape index (κ3) is 8.33. The van der Waals surface area contributed by atoms with Gasteiger partial charge in [0, 0.05) is 37.6 Å². The zero-order chi connectivity index (χ0) is 19.2. The Morgan fingerprint density at radius 2 is 1.96 bits per heavy atom. The summed E-state index contributed by atoms with van der Waals surface area (Å²) in [5.41, 5.74) is -0.137. The van der Waals surface area contributed by atoms with Gasteiger partial charge < -0.3 is 20.1 Å². The quantitative estimate of drug-likeness (QED) is 0.361. The molecule has 1 fully saturated rings. The van der Waals surface area contributed by atoms with E-state index in [9.17, 15) is 0 Å². The van der Waals surface area contributed by atoms with Gasteiger partial charge in [-0.15, -0.1) is 24.0 Å². The van der Waals surface area contributed by atoms with E-state index >= 15 is 0 Å². The van der Waals surface area contributed by atoms with Crippen LogP contribution in [-0.4, -0.2) is 53.2 Å². The van der Waals surface area contributed by atoms with E-state index in [1.54, 1.807) is 0 Å². The van der Waals surface area contributed by atoms with Gasteiger partial charge >= 0.3 is 0 Å². The zero-order valence-electron chi connectivity index (χ0n) is 17.7. The van der Waals surface area contributed by atoms with Crippen LogP contribution in [0.1, 0.15) is 66.1 Å². The Morgan fingerprint density at radius 3 is 2.48 bits per heavy atom. The predicted molar refractivity (Wildman–Crippen MR) is 121 cm³/mol. The van der Waals surface area contributed by atoms with Gasteiger partial charge in [-0.3, -0.25) is 0 Å². The highest BCUT2D eigenvalue weighted by atomic mass is 127. The summed E-state index contributed by atoms with van der Waals surface area (Å²) in [6.45, 7) is 17.6. The van der Waals surface area contributed by atoms with Crippen molar-refractivity contribution in [1.82, 2.24) is 25.7 Å². The smallest absolute Gasteiger partial charge is 0.232 e. The van der Waals surface area contributed by atoms with Crippen LogP contribution in [0.4, 0.5) is 0 Å². The van der Waals surface area contributed by atoms with Gasteiger partial charge in [0.1, 0.15) is 6.54 Å². The maximum absolute atomic E-state index is 5.34. The molecule has 7 nitrogen and oxygen atoms in total. The second-order valence-electron chi connectivity index (χ2n) is 8.57. The highest BCUT2D eigenvalue weighted by Crippen LogP contribution is 2.19. The van der Waals surface area contributed by atoms with Crippen LogP contribution in [0.15, 0.2) is 9.52 Å². The van der Waals surface area contributed by atoms with Crippen molar-refractivity contribution in [3.8, 4) is 0 Å². The lowest BCUT2D eigenvalue weighted by molar-refractivity contribution is 0.187. The number of hydrogen-bond acceptors (Lipinski definition) is 5. The third-order valence-electron chi connectivity index (χ3n) is 4.38. The molecule has 1 aliphatic rings. The Hall–Kier alpha value is -0.900. The summed E-state index contributed by atoms with van der Waals surface area (Å²) in [4.78, 5) is 11.6. The molecule has 1 aliphatic heterocycles. The van der Waals surface area contributed by atoms with Crippen molar-refractivity contribution < 1.29 is 4.52 Å². The maximum atomic E-state index is 5.34. The molecule has 0 spiro atoms. The first kappa shape index (κ1) is 24.1. The van der Waals surface area contributed by atoms with Crippen LogP contribution in [0.3, 0.4) is 0 Å². The molecule has 2 heterocycles. The Labute approximate surface area is 181 Å². The fourth-order valence-electron chi connectivity index (χ4n) is 3.06. The Morgan fingerprint density at radius 1 is 1.30 bits per heavy atom. The molecule has 0 amide bonds. The van der Waals surface area contributed by atoms with Crippen LogP contribution in [-0.2, 0) is 12.0 Å². The number of likely N-dealkylation sites (tertiary alicyclic amines) is 1. The van der Waals surface area contributed by atoms with Gasteiger partial charge in [-0.2, -0.15) is 4.98 Å². The first-order chi connectivity index (χ1) is 12.3. The van der Waals surface area contributed by atoms with Gasteiger partial charge in [-0.1, -0.05) is 39.8 Å². The summed E-state index contributed by atoms with van der Waals surface area (Å²) in [6, 6.07) is 0.464. The fourth-order valence-corrected chi connectivity index (χ4v) is 3.06. The number of halogens is 1. The van der Waals surface area contributed by atoms with Crippen molar-refractivity contribution in [3.63, 3.8) is 0 Å². The molecule has 0 atom stereocenters. The largest absolute Gasteiger partial charge is 0.357 e. The molecule has 2 rings (SSSR count). The standard InChI is InChI=1S/C19H36N6O.HI/c1-7-20-18(21-12-16-23-17(26-24-16)19(4,5)6)22-15-8-10-25(11-9-15)13-14(2)3;/h14-15H,7-13H2,1-6H3,(H2,20,21,22);1H. The lowest BCUT2D eigenvalue weighted by Crippen LogP contribution is -2.49. The highest BCUT2D eigenvalue weighted by molar-refractivity contribution is 14.0. The van der Waals surface area contributed by atoms with Gasteiger partial charge in [0.2, 0.25) is 5.89 Å². The number of guanidine groups is 1. The molecule has 1 aromatic rings. The first-order valence-electron chi connectivity index (χ1n) is 9.88. The highest BCUT2D eigenvalue weighted by Gasteiger charge is 2.22. The van der Waals surface area contributed by atoms with E-state index in [4.69, 9.17) is 4.52 Å². The predicted octanol–water partition coefficient (Wildman–Crippen LogP) is 3.16. The molecule has 27 heavy (non-hydrogen) atoms. The monoisotopic (exact) mass is 492 g/mol. The molecule has 156 valence electrons. The van der Waals surface area contributed by atoms with Gasteiger partial charge in [-0.05, 0) is 25.7 Å². The average molecular weight is 492 g/mol. The number of nitrogens with zero attached hydrogens (tertiary/aromatic N) is 4. The minimum atomic E-state index is -0.137. The molecular formula is C19H37IN6O. The SMILES string of the molecule is CCNC(=NCc1noc(C(C)(C)C)n1)NC1CCN(CC(C)C)CC1.I. The molecular weight excluding hydrogens is 455 g/mol. The van der Waals surface area contributed by atoms with Crippen LogP contribution in [0.2, 0.25) is 0 Å². The van der Waals surface area contributed by atoms with Gasteiger partial charge in [0.15, 0.2) is 11.8 Å². The number of aromatic nitrogens is 2. The zero-order valence-corrected chi connectivity index (χ0v) is 20.0. The van der Waals surface area contributed by atoms with E-state index in [2.05, 4.69) is 72.2 Å². The second kappa shape index (κ2) is 11.2. The van der Waals surface area contributed by atoms with E-state index in [1.165, 1.54) is 6.54 Å². The Balaban J connectivity index is 0.00000364. The van der Waals surface area contributed by atoms with Crippen LogP contribution >= 0.6 is 24.0 Å². The van der Waals surface area contributed by atoms with Crippen molar-refractivity contribution in [2.24, 2.45) is 10.9 Å². The van der Waals surface area contributed by atoms with Crippen LogP contribution in [0.25, 0.3) is 0 Å². The molecule has 0 radical (unpaired) electrons. The lowest BCUT2D eigenvalue weighted by Gasteiger charge is -2.33. The van der Waals surface area contributed by atoms with Crippen molar-refractivity contribution in [2.75, 3.05) is 26.2 Å². The molecule has 0 aromatic carbocycles.